The van der Waals surface area contributed by atoms with Crippen molar-refractivity contribution in [2.24, 2.45) is 7.05 Å². The molecule has 1 aliphatic carbocycles. The molecule has 0 bridgehead atoms. The maximum absolute atomic E-state index is 11.8. The van der Waals surface area contributed by atoms with Crippen LogP contribution < -0.4 is 0 Å². The number of aryl methyl sites for hydroxylation is 2. The van der Waals surface area contributed by atoms with E-state index in [4.69, 9.17) is 21.4 Å². The van der Waals surface area contributed by atoms with Gasteiger partial charge in [-0.2, -0.15) is 5.10 Å². The number of aromatic nitrogens is 2. The molecule has 1 unspecified atom stereocenters. The second-order valence-corrected chi connectivity index (χ2v) is 11.1. The summed E-state index contributed by atoms with van der Waals surface area (Å²) >= 11 is 6.08. The van der Waals surface area contributed by atoms with Gasteiger partial charge in [-0.15, -0.1) is 0 Å². The van der Waals surface area contributed by atoms with Crippen LogP contribution in [0.1, 0.15) is 48.6 Å². The molecule has 0 radical (unpaired) electrons. The zero-order valence-electron chi connectivity index (χ0n) is 18.8. The summed E-state index contributed by atoms with van der Waals surface area (Å²) in [5.41, 5.74) is 3.76. The summed E-state index contributed by atoms with van der Waals surface area (Å²) in [7, 11) is 1.18. The third-order valence-electron chi connectivity index (χ3n) is 6.93. The van der Waals surface area contributed by atoms with Crippen LogP contribution in [0.3, 0.4) is 0 Å². The van der Waals surface area contributed by atoms with E-state index >= 15 is 0 Å². The van der Waals surface area contributed by atoms with Crippen LogP contribution in [0.25, 0.3) is 0 Å². The van der Waals surface area contributed by atoms with E-state index in [-0.39, 0.29) is 6.10 Å². The highest BCUT2D eigenvalue weighted by Crippen LogP contribution is 2.36. The number of ether oxygens (including phenoxy) is 1. The van der Waals surface area contributed by atoms with Gasteiger partial charge in [0.1, 0.15) is 0 Å². The fraction of sp³-hybridized carbons (Fsp3) is 0.625. The summed E-state index contributed by atoms with van der Waals surface area (Å²) in [6, 6.07) is 11.3. The van der Waals surface area contributed by atoms with Crippen LogP contribution in [-0.4, -0.2) is 62.2 Å². The highest BCUT2D eigenvalue weighted by atomic mass is 35.5. The molecular formula is C24H34ClN3O2S. The van der Waals surface area contributed by atoms with Crippen LogP contribution in [0, 0.1) is 6.92 Å². The quantitative estimate of drug-likeness (QED) is 0.647. The molecule has 7 heteroatoms. The Balaban J connectivity index is 1.44. The summed E-state index contributed by atoms with van der Waals surface area (Å²) < 4.78 is 20.0. The van der Waals surface area contributed by atoms with Gasteiger partial charge in [0, 0.05) is 59.4 Å². The van der Waals surface area contributed by atoms with E-state index in [0.29, 0.717) is 30.4 Å². The highest BCUT2D eigenvalue weighted by molar-refractivity contribution is 7.84. The standard InChI is InChI=1S/C24H34ClN3O2S/c1-17-12-24(26-27(17)2)19-6-10-21(11-7-19)28-14-23(16-31(3)29)30-15-22(28)13-18-4-8-20(25)9-5-18/h4-5,8-9,12,19,21-23H,6-7,10-11,13-16H2,1-3H3/t19?,21?,22-,23+,31?/m0/s1. The molecule has 2 aliphatic rings. The van der Waals surface area contributed by atoms with Gasteiger partial charge >= 0.3 is 0 Å². The predicted octanol–water partition coefficient (Wildman–Crippen LogP) is 4.10. The van der Waals surface area contributed by atoms with Crippen LogP contribution in [-0.2, 0) is 29.0 Å². The number of morpholine rings is 1. The molecule has 0 amide bonds. The van der Waals surface area contributed by atoms with Gasteiger partial charge in [0.25, 0.3) is 0 Å². The van der Waals surface area contributed by atoms with Crippen LogP contribution in [0.2, 0.25) is 5.02 Å². The van der Waals surface area contributed by atoms with Crippen molar-refractivity contribution in [2.75, 3.05) is 25.2 Å². The van der Waals surface area contributed by atoms with Crippen molar-refractivity contribution in [2.45, 2.75) is 63.1 Å². The van der Waals surface area contributed by atoms with E-state index < -0.39 is 10.8 Å². The summed E-state index contributed by atoms with van der Waals surface area (Å²) in [6.07, 6.45) is 7.50. The van der Waals surface area contributed by atoms with E-state index in [9.17, 15) is 4.21 Å². The van der Waals surface area contributed by atoms with Gasteiger partial charge in [-0.25, -0.2) is 0 Å². The molecule has 0 spiro atoms. The van der Waals surface area contributed by atoms with Crippen LogP contribution >= 0.6 is 11.6 Å². The zero-order chi connectivity index (χ0) is 22.0. The molecule has 1 saturated heterocycles. The topological polar surface area (TPSA) is 47.4 Å². The van der Waals surface area contributed by atoms with Gasteiger partial charge in [0.05, 0.1) is 24.2 Å². The first kappa shape index (κ1) is 23.0. The van der Waals surface area contributed by atoms with E-state index in [1.165, 1.54) is 42.6 Å². The fourth-order valence-corrected chi connectivity index (χ4v) is 6.00. The second-order valence-electron chi connectivity index (χ2n) is 9.22. The lowest BCUT2D eigenvalue weighted by molar-refractivity contribution is -0.0753. The van der Waals surface area contributed by atoms with Crippen LogP contribution in [0.4, 0.5) is 0 Å². The number of nitrogens with zero attached hydrogens (tertiary/aromatic N) is 3. The van der Waals surface area contributed by atoms with Crippen LogP contribution in [0.5, 0.6) is 0 Å². The first-order valence-electron chi connectivity index (χ1n) is 11.3. The molecule has 31 heavy (non-hydrogen) atoms. The summed E-state index contributed by atoms with van der Waals surface area (Å²) in [6.45, 7) is 3.69. The van der Waals surface area contributed by atoms with Gasteiger partial charge in [0.15, 0.2) is 0 Å². The lowest BCUT2D eigenvalue weighted by Crippen LogP contribution is -2.56. The Morgan fingerprint density at radius 3 is 2.52 bits per heavy atom. The van der Waals surface area contributed by atoms with Crippen LogP contribution in [0.15, 0.2) is 30.3 Å². The van der Waals surface area contributed by atoms with E-state index in [2.05, 4.69) is 30.0 Å². The predicted molar refractivity (Wildman–Crippen MR) is 127 cm³/mol. The van der Waals surface area contributed by atoms with Crippen molar-refractivity contribution in [1.82, 2.24) is 14.7 Å². The maximum Gasteiger partial charge on any atom is 0.0817 e. The van der Waals surface area contributed by atoms with Gasteiger partial charge < -0.3 is 4.74 Å². The Labute approximate surface area is 193 Å². The SMILES string of the molecule is Cc1cc(C2CCC(N3C[C@H](CS(C)=O)OC[C@@H]3Cc3ccc(Cl)cc3)CC2)nn1C. The van der Waals surface area contributed by atoms with Gasteiger partial charge in [-0.3, -0.25) is 13.8 Å². The van der Waals surface area contributed by atoms with E-state index in [1.54, 1.807) is 6.26 Å². The molecule has 1 saturated carbocycles. The van der Waals surface area contributed by atoms with Crippen molar-refractivity contribution in [3.8, 4) is 0 Å². The molecule has 0 N–H and O–H groups in total. The Hall–Kier alpha value is -1.21. The van der Waals surface area contributed by atoms with Crippen molar-refractivity contribution in [3.63, 3.8) is 0 Å². The smallest absolute Gasteiger partial charge is 0.0817 e. The molecule has 1 aliphatic heterocycles. The minimum Gasteiger partial charge on any atom is -0.374 e. The van der Waals surface area contributed by atoms with Crippen molar-refractivity contribution < 1.29 is 8.95 Å². The highest BCUT2D eigenvalue weighted by Gasteiger charge is 2.36. The molecule has 170 valence electrons. The lowest BCUT2D eigenvalue weighted by Gasteiger charge is -2.46. The third-order valence-corrected chi connectivity index (χ3v) is 8.02. The summed E-state index contributed by atoms with van der Waals surface area (Å²) in [5, 5.41) is 5.50. The number of hydrogen-bond acceptors (Lipinski definition) is 4. The Kier molecular flexibility index (Phi) is 7.52. The Bertz CT molecular complexity index is 873. The molecule has 3 atom stereocenters. The molecule has 5 nitrogen and oxygen atoms in total. The minimum absolute atomic E-state index is 0.0588. The molecule has 2 aromatic rings. The molecule has 1 aromatic heterocycles. The molecular weight excluding hydrogens is 430 g/mol. The summed E-state index contributed by atoms with van der Waals surface area (Å²) in [5.74, 6) is 1.18. The first-order valence-corrected chi connectivity index (χ1v) is 13.4. The number of halogens is 1. The fourth-order valence-electron chi connectivity index (χ4n) is 5.15. The normalized spacial score (nSPS) is 28.5. The first-order chi connectivity index (χ1) is 14.9. The van der Waals surface area contributed by atoms with Crippen molar-refractivity contribution in [3.05, 3.63) is 52.3 Å². The number of benzene rings is 1. The Morgan fingerprint density at radius 1 is 1.19 bits per heavy atom. The van der Waals surface area contributed by atoms with Crippen molar-refractivity contribution >= 4 is 22.4 Å². The maximum atomic E-state index is 11.8. The molecule has 1 aromatic carbocycles. The molecule has 2 heterocycles. The zero-order valence-corrected chi connectivity index (χ0v) is 20.4. The van der Waals surface area contributed by atoms with E-state index in [0.717, 1.165) is 18.0 Å². The average molecular weight is 464 g/mol. The monoisotopic (exact) mass is 463 g/mol. The van der Waals surface area contributed by atoms with Gasteiger partial charge in [-0.1, -0.05) is 23.7 Å². The average Bonchev–Trinajstić information content (AvgIpc) is 3.09. The minimum atomic E-state index is -0.842. The van der Waals surface area contributed by atoms with Crippen molar-refractivity contribution in [1.29, 1.82) is 0 Å². The molecule has 4 rings (SSSR count). The lowest BCUT2D eigenvalue weighted by atomic mass is 9.82. The Morgan fingerprint density at radius 2 is 1.90 bits per heavy atom. The number of rotatable bonds is 6. The van der Waals surface area contributed by atoms with Gasteiger partial charge in [0.2, 0.25) is 0 Å². The third kappa shape index (κ3) is 5.78. The van der Waals surface area contributed by atoms with E-state index in [1.807, 2.05) is 23.9 Å². The largest absolute Gasteiger partial charge is 0.374 e. The summed E-state index contributed by atoms with van der Waals surface area (Å²) in [4.78, 5) is 2.66. The molecule has 2 fully saturated rings. The van der Waals surface area contributed by atoms with Gasteiger partial charge in [-0.05, 0) is 62.8 Å². The second kappa shape index (κ2) is 10.2. The number of hydrogen-bond donors (Lipinski definition) is 0.